The van der Waals surface area contributed by atoms with E-state index in [-0.39, 0.29) is 18.0 Å². The first-order valence-corrected chi connectivity index (χ1v) is 11.4. The van der Waals surface area contributed by atoms with Crippen LogP contribution in [-0.4, -0.2) is 37.1 Å². The number of hydrogen-bond donors (Lipinski definition) is 0. The van der Waals surface area contributed by atoms with Crippen LogP contribution in [0.4, 0.5) is 28.9 Å². The van der Waals surface area contributed by atoms with Crippen LogP contribution < -0.4 is 14.6 Å². The zero-order valence-corrected chi connectivity index (χ0v) is 19.1. The summed E-state index contributed by atoms with van der Waals surface area (Å²) in [5.41, 5.74) is 1.53. The van der Waals surface area contributed by atoms with Crippen molar-refractivity contribution in [1.29, 1.82) is 0 Å². The number of rotatable bonds is 5. The second kappa shape index (κ2) is 9.23. The van der Waals surface area contributed by atoms with Gasteiger partial charge in [-0.05, 0) is 55.3 Å². The third-order valence-electron chi connectivity index (χ3n) is 6.54. The molecule has 2 aliphatic heterocycles. The molecule has 0 aromatic heterocycles. The fraction of sp³-hybridized carbons (Fsp3) is 0.480. The molecule has 2 aliphatic rings. The first-order chi connectivity index (χ1) is 15.7. The van der Waals surface area contributed by atoms with Crippen LogP contribution in [0.25, 0.3) is 0 Å². The van der Waals surface area contributed by atoms with Crippen molar-refractivity contribution in [2.75, 3.05) is 23.0 Å². The Labute approximate surface area is 191 Å². The number of benzene rings is 2. The molecule has 4 rings (SSSR count). The van der Waals surface area contributed by atoms with Crippen molar-refractivity contribution in [3.05, 3.63) is 53.8 Å². The van der Waals surface area contributed by atoms with Crippen molar-refractivity contribution >= 4 is 17.1 Å². The van der Waals surface area contributed by atoms with E-state index in [1.807, 2.05) is 24.8 Å². The first kappa shape index (κ1) is 23.4. The van der Waals surface area contributed by atoms with E-state index in [0.717, 1.165) is 18.4 Å². The highest BCUT2D eigenvalue weighted by molar-refractivity contribution is 5.95. The van der Waals surface area contributed by atoms with E-state index in [4.69, 9.17) is 4.74 Å². The monoisotopic (exact) mass is 463 g/mol. The fourth-order valence-corrected chi connectivity index (χ4v) is 4.72. The molecule has 2 atom stereocenters. The topological polar surface area (TPSA) is 28.1 Å². The number of anilines is 2. The molecular weight excluding hydrogens is 434 g/mol. The lowest BCUT2D eigenvalue weighted by molar-refractivity contribution is -0.0620. The van der Waals surface area contributed by atoms with Crippen molar-refractivity contribution in [1.82, 2.24) is 0 Å². The predicted octanol–water partition coefficient (Wildman–Crippen LogP) is 6.33. The average Bonchev–Trinajstić information content (AvgIpc) is 3.13. The maximum absolute atomic E-state index is 14.2. The Kier molecular flexibility index (Phi) is 6.54. The number of aryl methyl sites for hydroxylation is 1. The van der Waals surface area contributed by atoms with Crippen molar-refractivity contribution in [3.63, 3.8) is 0 Å². The second-order valence-corrected chi connectivity index (χ2v) is 8.84. The highest BCUT2D eigenvalue weighted by Gasteiger charge is 2.47. The van der Waals surface area contributed by atoms with Gasteiger partial charge in [-0.2, -0.15) is 18.3 Å². The standard InChI is InChI=1S/C25H29F4N3O/c1-4-22-17(3)24(25(27,28)29)30-32(22)18-6-8-19(9-7-18)33-20-11-13-31(14-12-20)23-15-16(2)5-10-21(23)26/h5-10,15,17,20,22H,4,11-14H2,1-3H3/t17?,22-/m0/s1. The van der Waals surface area contributed by atoms with Gasteiger partial charge in [-0.15, -0.1) is 0 Å². The summed E-state index contributed by atoms with van der Waals surface area (Å²) < 4.78 is 60.2. The van der Waals surface area contributed by atoms with E-state index in [2.05, 4.69) is 5.10 Å². The Balaban J connectivity index is 1.39. The van der Waals surface area contributed by atoms with Crippen LogP contribution >= 0.6 is 0 Å². The Morgan fingerprint density at radius 1 is 1.06 bits per heavy atom. The van der Waals surface area contributed by atoms with Crippen LogP contribution in [0.1, 0.15) is 38.7 Å². The molecule has 2 heterocycles. The summed E-state index contributed by atoms with van der Waals surface area (Å²) in [5, 5.41) is 5.38. The molecule has 1 saturated heterocycles. The molecule has 0 aliphatic carbocycles. The maximum Gasteiger partial charge on any atom is 0.431 e. The van der Waals surface area contributed by atoms with Crippen LogP contribution in [0.5, 0.6) is 5.75 Å². The van der Waals surface area contributed by atoms with Gasteiger partial charge in [0, 0.05) is 31.8 Å². The minimum Gasteiger partial charge on any atom is -0.490 e. The van der Waals surface area contributed by atoms with E-state index in [1.165, 1.54) is 11.1 Å². The van der Waals surface area contributed by atoms with Crippen molar-refractivity contribution in [2.45, 2.75) is 58.4 Å². The third kappa shape index (κ3) is 4.94. The largest absolute Gasteiger partial charge is 0.490 e. The molecule has 2 aromatic rings. The van der Waals surface area contributed by atoms with Crippen LogP contribution in [0.2, 0.25) is 0 Å². The summed E-state index contributed by atoms with van der Waals surface area (Å²) in [7, 11) is 0. The van der Waals surface area contributed by atoms with Gasteiger partial charge in [0.25, 0.3) is 0 Å². The number of halogens is 4. The molecule has 178 valence electrons. The Bertz CT molecular complexity index is 998. The van der Waals surface area contributed by atoms with E-state index < -0.39 is 17.8 Å². The smallest absolute Gasteiger partial charge is 0.431 e. The molecule has 2 aromatic carbocycles. The molecular formula is C25H29F4N3O. The van der Waals surface area contributed by atoms with Gasteiger partial charge < -0.3 is 9.64 Å². The van der Waals surface area contributed by atoms with Crippen LogP contribution in [0, 0.1) is 18.7 Å². The van der Waals surface area contributed by atoms with Gasteiger partial charge in [0.05, 0.1) is 17.4 Å². The number of alkyl halides is 3. The number of piperidine rings is 1. The predicted molar refractivity (Wildman–Crippen MR) is 123 cm³/mol. The quantitative estimate of drug-likeness (QED) is 0.485. The molecule has 0 radical (unpaired) electrons. The van der Waals surface area contributed by atoms with Gasteiger partial charge in [0.15, 0.2) is 0 Å². The number of nitrogens with zero attached hydrogens (tertiary/aromatic N) is 3. The molecule has 8 heteroatoms. The van der Waals surface area contributed by atoms with Crippen molar-refractivity contribution in [2.24, 2.45) is 11.0 Å². The molecule has 33 heavy (non-hydrogen) atoms. The van der Waals surface area contributed by atoms with Gasteiger partial charge in [-0.1, -0.05) is 19.9 Å². The van der Waals surface area contributed by atoms with Gasteiger partial charge in [0.1, 0.15) is 23.4 Å². The second-order valence-electron chi connectivity index (χ2n) is 8.84. The first-order valence-electron chi connectivity index (χ1n) is 11.4. The summed E-state index contributed by atoms with van der Waals surface area (Å²) in [6.07, 6.45) is -2.35. The Morgan fingerprint density at radius 3 is 2.33 bits per heavy atom. The Morgan fingerprint density at radius 2 is 1.73 bits per heavy atom. The number of hydrazone groups is 1. The zero-order chi connectivity index (χ0) is 23.8. The summed E-state index contributed by atoms with van der Waals surface area (Å²) in [6, 6.07) is 11.9. The van der Waals surface area contributed by atoms with Crippen molar-refractivity contribution < 1.29 is 22.3 Å². The summed E-state index contributed by atoms with van der Waals surface area (Å²) in [5.74, 6) is -0.234. The lowest BCUT2D eigenvalue weighted by Gasteiger charge is -2.34. The highest BCUT2D eigenvalue weighted by atomic mass is 19.4. The van der Waals surface area contributed by atoms with E-state index in [0.29, 0.717) is 36.6 Å². The van der Waals surface area contributed by atoms with Gasteiger partial charge in [-0.25, -0.2) is 4.39 Å². The minimum absolute atomic E-state index is 0.00465. The maximum atomic E-state index is 14.2. The SMILES string of the molecule is CC[C@H]1C(C)C(C(F)(F)F)=NN1c1ccc(OC2CCN(c3cc(C)ccc3F)CC2)cc1. The van der Waals surface area contributed by atoms with Crippen molar-refractivity contribution in [3.8, 4) is 5.75 Å². The van der Waals surface area contributed by atoms with Crippen LogP contribution in [-0.2, 0) is 0 Å². The number of hydrogen-bond acceptors (Lipinski definition) is 4. The van der Waals surface area contributed by atoms with Gasteiger partial charge in [-0.3, -0.25) is 5.01 Å². The van der Waals surface area contributed by atoms with Gasteiger partial charge in [0.2, 0.25) is 0 Å². The highest BCUT2D eigenvalue weighted by Crippen LogP contribution is 2.37. The van der Waals surface area contributed by atoms with E-state index >= 15 is 0 Å². The van der Waals surface area contributed by atoms with Crippen LogP contribution in [0.15, 0.2) is 47.6 Å². The summed E-state index contributed by atoms with van der Waals surface area (Å²) in [6.45, 7) is 6.79. The minimum atomic E-state index is -4.43. The lowest BCUT2D eigenvalue weighted by Crippen LogP contribution is -2.38. The normalized spacial score (nSPS) is 22.0. The molecule has 0 bridgehead atoms. The fourth-order valence-electron chi connectivity index (χ4n) is 4.72. The van der Waals surface area contributed by atoms with E-state index in [1.54, 1.807) is 37.3 Å². The third-order valence-corrected chi connectivity index (χ3v) is 6.54. The molecule has 0 N–H and O–H groups in total. The van der Waals surface area contributed by atoms with Gasteiger partial charge >= 0.3 is 6.18 Å². The van der Waals surface area contributed by atoms with Crippen LogP contribution in [0.3, 0.4) is 0 Å². The molecule has 1 unspecified atom stereocenters. The lowest BCUT2D eigenvalue weighted by atomic mass is 9.95. The number of ether oxygens (including phenoxy) is 1. The molecule has 0 amide bonds. The zero-order valence-electron chi connectivity index (χ0n) is 19.1. The molecule has 0 saturated carbocycles. The molecule has 4 nitrogen and oxygen atoms in total. The summed E-state index contributed by atoms with van der Waals surface area (Å²) in [4.78, 5) is 2.04. The Hall–Kier alpha value is -2.77. The van der Waals surface area contributed by atoms with E-state index in [9.17, 15) is 17.6 Å². The molecule has 1 fully saturated rings. The summed E-state index contributed by atoms with van der Waals surface area (Å²) >= 11 is 0. The average molecular weight is 464 g/mol. The molecule has 0 spiro atoms.